The van der Waals surface area contributed by atoms with Gasteiger partial charge in [0, 0.05) is 18.7 Å². The van der Waals surface area contributed by atoms with E-state index in [9.17, 15) is 4.79 Å². The van der Waals surface area contributed by atoms with Gasteiger partial charge in [0.15, 0.2) is 0 Å². The molecular weight excluding hydrogens is 252 g/mol. The summed E-state index contributed by atoms with van der Waals surface area (Å²) >= 11 is 0. The van der Waals surface area contributed by atoms with Crippen molar-refractivity contribution < 1.29 is 9.53 Å². The predicted octanol–water partition coefficient (Wildman–Crippen LogP) is 2.08. The molecule has 2 atom stereocenters. The summed E-state index contributed by atoms with van der Waals surface area (Å²) in [5.41, 5.74) is 7.57. The number of nitrogens with one attached hydrogen (secondary N) is 1. The lowest BCUT2D eigenvalue weighted by Crippen LogP contribution is -2.44. The predicted molar refractivity (Wildman–Crippen MR) is 79.4 cm³/mol. The van der Waals surface area contributed by atoms with Crippen LogP contribution in [0, 0.1) is 5.92 Å². The Labute approximate surface area is 120 Å². The van der Waals surface area contributed by atoms with E-state index in [4.69, 9.17) is 10.5 Å². The number of nitrogens with two attached hydrogens (primary N) is 1. The molecule has 4 nitrogen and oxygen atoms in total. The molecule has 1 aliphatic rings. The van der Waals surface area contributed by atoms with Crippen LogP contribution in [0.15, 0.2) is 24.3 Å². The fraction of sp³-hybridized carbons (Fsp3) is 0.562. The van der Waals surface area contributed by atoms with Crippen LogP contribution in [-0.2, 0) is 11.3 Å². The molecular formula is C16H24N2O2. The smallest absolute Gasteiger partial charge is 0.251 e. The van der Waals surface area contributed by atoms with E-state index in [1.807, 2.05) is 24.3 Å². The topological polar surface area (TPSA) is 64.3 Å². The SMILES string of the molecule is COCc1ccc(C(=O)NC2CCCCC2CN)cc1. The van der Waals surface area contributed by atoms with Crippen molar-refractivity contribution in [2.45, 2.75) is 38.3 Å². The highest BCUT2D eigenvalue weighted by Crippen LogP contribution is 2.23. The van der Waals surface area contributed by atoms with E-state index in [1.54, 1.807) is 7.11 Å². The van der Waals surface area contributed by atoms with Gasteiger partial charge in [-0.15, -0.1) is 0 Å². The van der Waals surface area contributed by atoms with E-state index in [0.29, 0.717) is 24.6 Å². The zero-order chi connectivity index (χ0) is 14.4. The van der Waals surface area contributed by atoms with Gasteiger partial charge in [0.1, 0.15) is 0 Å². The molecule has 3 N–H and O–H groups in total. The molecule has 1 amide bonds. The van der Waals surface area contributed by atoms with E-state index in [2.05, 4.69) is 5.32 Å². The average Bonchev–Trinajstić information content (AvgIpc) is 2.49. The van der Waals surface area contributed by atoms with Crippen molar-refractivity contribution in [3.63, 3.8) is 0 Å². The number of methoxy groups -OCH3 is 1. The second-order valence-electron chi connectivity index (χ2n) is 5.49. The molecule has 2 rings (SSSR count). The number of amides is 1. The number of carbonyl (C=O) groups is 1. The summed E-state index contributed by atoms with van der Waals surface area (Å²) < 4.78 is 5.06. The van der Waals surface area contributed by atoms with Crippen molar-refractivity contribution in [2.75, 3.05) is 13.7 Å². The molecule has 0 saturated heterocycles. The van der Waals surface area contributed by atoms with Gasteiger partial charge in [-0.05, 0) is 43.0 Å². The zero-order valence-corrected chi connectivity index (χ0v) is 12.1. The standard InChI is InChI=1S/C16H24N2O2/c1-20-11-12-6-8-13(9-7-12)16(19)18-15-5-3-2-4-14(15)10-17/h6-9,14-15H,2-5,10-11,17H2,1H3,(H,18,19). The molecule has 1 fully saturated rings. The first-order chi connectivity index (χ1) is 9.74. The third-order valence-corrected chi connectivity index (χ3v) is 4.06. The van der Waals surface area contributed by atoms with Gasteiger partial charge < -0.3 is 15.8 Å². The second kappa shape index (κ2) is 7.41. The molecule has 0 spiro atoms. The highest BCUT2D eigenvalue weighted by atomic mass is 16.5. The Morgan fingerprint density at radius 3 is 2.65 bits per heavy atom. The Kier molecular flexibility index (Phi) is 5.56. The van der Waals surface area contributed by atoms with Crippen LogP contribution in [0.3, 0.4) is 0 Å². The first-order valence-electron chi connectivity index (χ1n) is 7.33. The summed E-state index contributed by atoms with van der Waals surface area (Å²) in [6.07, 6.45) is 4.55. The molecule has 0 bridgehead atoms. The molecule has 0 heterocycles. The van der Waals surface area contributed by atoms with Crippen LogP contribution in [0.4, 0.5) is 0 Å². The van der Waals surface area contributed by atoms with Gasteiger partial charge in [0.05, 0.1) is 6.61 Å². The van der Waals surface area contributed by atoms with Crippen molar-refractivity contribution in [2.24, 2.45) is 11.7 Å². The van der Waals surface area contributed by atoms with Crippen molar-refractivity contribution >= 4 is 5.91 Å². The van der Waals surface area contributed by atoms with E-state index in [0.717, 1.165) is 18.4 Å². The molecule has 0 aliphatic heterocycles. The van der Waals surface area contributed by atoms with Gasteiger partial charge in [-0.25, -0.2) is 0 Å². The molecule has 0 aromatic heterocycles. The number of hydrogen-bond donors (Lipinski definition) is 2. The maximum absolute atomic E-state index is 12.3. The number of benzene rings is 1. The Hall–Kier alpha value is -1.39. The molecule has 1 aromatic rings. The summed E-state index contributed by atoms with van der Waals surface area (Å²) in [5.74, 6) is 0.416. The van der Waals surface area contributed by atoms with Crippen molar-refractivity contribution in [3.8, 4) is 0 Å². The summed E-state index contributed by atoms with van der Waals surface area (Å²) in [6, 6.07) is 7.78. The molecule has 1 saturated carbocycles. The lowest BCUT2D eigenvalue weighted by atomic mass is 9.84. The maximum atomic E-state index is 12.3. The van der Waals surface area contributed by atoms with Crippen LogP contribution in [0.2, 0.25) is 0 Å². The minimum atomic E-state index is -0.000633. The van der Waals surface area contributed by atoms with E-state index >= 15 is 0 Å². The normalized spacial score (nSPS) is 22.5. The third kappa shape index (κ3) is 3.81. The van der Waals surface area contributed by atoms with Gasteiger partial charge in [-0.1, -0.05) is 25.0 Å². The summed E-state index contributed by atoms with van der Waals surface area (Å²) in [7, 11) is 1.66. The van der Waals surface area contributed by atoms with Crippen molar-refractivity contribution in [1.29, 1.82) is 0 Å². The fourth-order valence-electron chi connectivity index (χ4n) is 2.85. The van der Waals surface area contributed by atoms with Crippen LogP contribution in [0.5, 0.6) is 0 Å². The Morgan fingerprint density at radius 2 is 2.00 bits per heavy atom. The number of ether oxygens (including phenoxy) is 1. The van der Waals surface area contributed by atoms with Crippen LogP contribution < -0.4 is 11.1 Å². The van der Waals surface area contributed by atoms with Crippen molar-refractivity contribution in [3.05, 3.63) is 35.4 Å². The monoisotopic (exact) mass is 276 g/mol. The molecule has 1 aromatic carbocycles. The van der Waals surface area contributed by atoms with E-state index in [-0.39, 0.29) is 11.9 Å². The average molecular weight is 276 g/mol. The first-order valence-corrected chi connectivity index (χ1v) is 7.33. The molecule has 0 radical (unpaired) electrons. The minimum Gasteiger partial charge on any atom is -0.380 e. The van der Waals surface area contributed by atoms with Crippen LogP contribution >= 0.6 is 0 Å². The van der Waals surface area contributed by atoms with Gasteiger partial charge in [-0.2, -0.15) is 0 Å². The zero-order valence-electron chi connectivity index (χ0n) is 12.1. The minimum absolute atomic E-state index is 0.000633. The molecule has 2 unspecified atom stereocenters. The second-order valence-corrected chi connectivity index (χ2v) is 5.49. The summed E-state index contributed by atoms with van der Waals surface area (Å²) in [6.45, 7) is 1.22. The van der Waals surface area contributed by atoms with Crippen LogP contribution in [0.1, 0.15) is 41.6 Å². The molecule has 110 valence electrons. The van der Waals surface area contributed by atoms with Crippen molar-refractivity contribution in [1.82, 2.24) is 5.32 Å². The Bertz CT molecular complexity index is 431. The van der Waals surface area contributed by atoms with E-state index in [1.165, 1.54) is 12.8 Å². The van der Waals surface area contributed by atoms with E-state index < -0.39 is 0 Å². The lowest BCUT2D eigenvalue weighted by Gasteiger charge is -2.31. The fourth-order valence-corrected chi connectivity index (χ4v) is 2.85. The van der Waals surface area contributed by atoms with Gasteiger partial charge in [0.25, 0.3) is 5.91 Å². The first kappa shape index (κ1) is 15.0. The number of carbonyl (C=O) groups excluding carboxylic acids is 1. The largest absolute Gasteiger partial charge is 0.380 e. The highest BCUT2D eigenvalue weighted by Gasteiger charge is 2.25. The Morgan fingerprint density at radius 1 is 1.30 bits per heavy atom. The Balaban J connectivity index is 1.96. The quantitative estimate of drug-likeness (QED) is 0.865. The lowest BCUT2D eigenvalue weighted by molar-refractivity contribution is 0.0908. The van der Waals surface area contributed by atoms with Gasteiger partial charge >= 0.3 is 0 Å². The highest BCUT2D eigenvalue weighted by molar-refractivity contribution is 5.94. The summed E-state index contributed by atoms with van der Waals surface area (Å²) in [5, 5.41) is 3.14. The molecule has 4 heteroatoms. The molecule has 1 aliphatic carbocycles. The third-order valence-electron chi connectivity index (χ3n) is 4.06. The van der Waals surface area contributed by atoms with Crippen LogP contribution in [-0.4, -0.2) is 25.6 Å². The number of hydrogen-bond acceptors (Lipinski definition) is 3. The van der Waals surface area contributed by atoms with Gasteiger partial charge in [-0.3, -0.25) is 4.79 Å². The number of rotatable bonds is 5. The maximum Gasteiger partial charge on any atom is 0.251 e. The molecule has 20 heavy (non-hydrogen) atoms. The van der Waals surface area contributed by atoms with Crippen LogP contribution in [0.25, 0.3) is 0 Å². The summed E-state index contributed by atoms with van der Waals surface area (Å²) in [4.78, 5) is 12.3. The van der Waals surface area contributed by atoms with Gasteiger partial charge in [0.2, 0.25) is 0 Å².